The lowest BCUT2D eigenvalue weighted by Crippen LogP contribution is -2.09. The van der Waals surface area contributed by atoms with Gasteiger partial charge in [0.15, 0.2) is 29.7 Å². The van der Waals surface area contributed by atoms with E-state index >= 15 is 0 Å². The van der Waals surface area contributed by atoms with E-state index in [0.717, 1.165) is 0 Å². The molecular formula is C19H17FN2O5. The van der Waals surface area contributed by atoms with E-state index in [1.807, 2.05) is 0 Å². The molecule has 2 aromatic carbocycles. The number of Topliss-reactive ketones (excluding diaryl/α,β-unsaturated/α-hetero) is 1. The first kappa shape index (κ1) is 18.4. The first-order valence-electron chi connectivity index (χ1n) is 8.12. The highest BCUT2D eigenvalue weighted by atomic mass is 19.1. The van der Waals surface area contributed by atoms with Crippen LogP contribution in [-0.4, -0.2) is 30.7 Å². The number of hydrogen-bond donors (Lipinski definition) is 1. The number of aldehydes is 1. The van der Waals surface area contributed by atoms with Gasteiger partial charge in [-0.1, -0.05) is 17.3 Å². The molecule has 0 saturated carbocycles. The summed E-state index contributed by atoms with van der Waals surface area (Å²) in [7, 11) is 0. The number of ketones is 1. The number of benzene rings is 2. The van der Waals surface area contributed by atoms with Crippen molar-refractivity contribution in [3.8, 4) is 11.5 Å². The Morgan fingerprint density at radius 1 is 1.26 bits per heavy atom. The van der Waals surface area contributed by atoms with E-state index in [2.05, 4.69) is 5.16 Å². The first-order chi connectivity index (χ1) is 13.0. The molecule has 0 saturated heterocycles. The first-order valence-corrected chi connectivity index (χ1v) is 8.12. The Morgan fingerprint density at radius 3 is 2.63 bits per heavy atom. The number of rotatable bonds is 3. The molecule has 1 atom stereocenters. The van der Waals surface area contributed by atoms with Crippen LogP contribution in [0.5, 0.6) is 11.5 Å². The van der Waals surface area contributed by atoms with Gasteiger partial charge in [0.1, 0.15) is 5.82 Å². The van der Waals surface area contributed by atoms with Crippen molar-refractivity contribution in [2.45, 2.75) is 19.4 Å². The number of nitrogen functional groups attached to an aromatic ring is 1. The summed E-state index contributed by atoms with van der Waals surface area (Å²) in [6, 6.07) is 9.28. The molecule has 140 valence electrons. The van der Waals surface area contributed by atoms with Crippen LogP contribution < -0.4 is 15.2 Å². The van der Waals surface area contributed by atoms with Gasteiger partial charge in [-0.05, 0) is 25.1 Å². The standard InChI is InChI=1S/C10H8FNO2.C9H9NO3/c11-8-3-1-2-7(4-8)10-5-9(6-13)14-12-10;1-5(11)6-2-8-9(3-7(6)10)13-4-12-8/h1-4,6,9H,5H2;2-3H,4,10H2,1H3/t9-;/m0./s1. The van der Waals surface area contributed by atoms with Crippen molar-refractivity contribution < 1.29 is 28.3 Å². The van der Waals surface area contributed by atoms with Gasteiger partial charge in [-0.15, -0.1) is 0 Å². The van der Waals surface area contributed by atoms with Gasteiger partial charge in [0.05, 0.1) is 5.71 Å². The Bertz CT molecular complexity index is 913. The number of nitrogens with two attached hydrogens (primary N) is 1. The van der Waals surface area contributed by atoms with Gasteiger partial charge in [-0.3, -0.25) is 9.59 Å². The lowest BCUT2D eigenvalue weighted by Gasteiger charge is -2.02. The second kappa shape index (κ2) is 7.86. The molecule has 0 unspecified atom stereocenters. The van der Waals surface area contributed by atoms with Gasteiger partial charge in [-0.2, -0.15) is 0 Å². The number of ether oxygens (including phenoxy) is 2. The number of nitrogens with zero attached hydrogens (tertiary/aromatic N) is 1. The van der Waals surface area contributed by atoms with Crippen molar-refractivity contribution in [3.05, 3.63) is 53.3 Å². The minimum absolute atomic E-state index is 0.0733. The highest BCUT2D eigenvalue weighted by Gasteiger charge is 2.21. The summed E-state index contributed by atoms with van der Waals surface area (Å²) >= 11 is 0. The van der Waals surface area contributed by atoms with E-state index in [4.69, 9.17) is 20.0 Å². The molecule has 7 nitrogen and oxygen atoms in total. The van der Waals surface area contributed by atoms with Crippen LogP contribution in [0.15, 0.2) is 41.6 Å². The highest BCUT2D eigenvalue weighted by molar-refractivity contribution is 6.02. The van der Waals surface area contributed by atoms with Crippen molar-refractivity contribution in [1.82, 2.24) is 0 Å². The van der Waals surface area contributed by atoms with Crippen LogP contribution in [-0.2, 0) is 9.63 Å². The van der Waals surface area contributed by atoms with Crippen molar-refractivity contribution in [2.24, 2.45) is 5.16 Å². The Balaban J connectivity index is 0.000000156. The molecule has 0 spiro atoms. The van der Waals surface area contributed by atoms with E-state index in [1.54, 1.807) is 24.3 Å². The summed E-state index contributed by atoms with van der Waals surface area (Å²) in [4.78, 5) is 26.3. The number of carbonyl (C=O) groups is 2. The Kier molecular flexibility index (Phi) is 5.35. The molecule has 0 bridgehead atoms. The molecule has 0 aliphatic carbocycles. The van der Waals surface area contributed by atoms with E-state index in [-0.39, 0.29) is 18.4 Å². The summed E-state index contributed by atoms with van der Waals surface area (Å²) in [5, 5.41) is 3.72. The van der Waals surface area contributed by atoms with Gasteiger partial charge in [-0.25, -0.2) is 4.39 Å². The van der Waals surface area contributed by atoms with Crippen LogP contribution in [0.4, 0.5) is 10.1 Å². The quantitative estimate of drug-likeness (QED) is 0.505. The molecule has 2 aromatic rings. The van der Waals surface area contributed by atoms with Gasteiger partial charge in [0, 0.05) is 29.3 Å². The van der Waals surface area contributed by atoms with E-state index < -0.39 is 6.10 Å². The van der Waals surface area contributed by atoms with Crippen LogP contribution in [0.1, 0.15) is 29.3 Å². The minimum atomic E-state index is -0.520. The maximum Gasteiger partial charge on any atom is 0.231 e. The third-order valence-corrected chi connectivity index (χ3v) is 3.93. The Hall–Kier alpha value is -3.42. The van der Waals surface area contributed by atoms with E-state index in [9.17, 15) is 14.0 Å². The summed E-state index contributed by atoms with van der Waals surface area (Å²) in [5.41, 5.74) is 7.82. The van der Waals surface area contributed by atoms with Crippen molar-refractivity contribution in [2.75, 3.05) is 12.5 Å². The fourth-order valence-corrected chi connectivity index (χ4v) is 2.57. The molecule has 0 aromatic heterocycles. The monoisotopic (exact) mass is 372 g/mol. The zero-order chi connectivity index (χ0) is 19.4. The number of hydrogen-bond acceptors (Lipinski definition) is 7. The molecule has 0 fully saturated rings. The molecule has 0 radical (unpaired) electrons. The topological polar surface area (TPSA) is 100 Å². The van der Waals surface area contributed by atoms with E-state index in [1.165, 1.54) is 19.1 Å². The average Bonchev–Trinajstić information content (AvgIpc) is 3.30. The van der Waals surface area contributed by atoms with Crippen molar-refractivity contribution >= 4 is 23.5 Å². The Labute approximate surface area is 154 Å². The van der Waals surface area contributed by atoms with Crippen LogP contribution in [0.2, 0.25) is 0 Å². The fourth-order valence-electron chi connectivity index (χ4n) is 2.57. The molecule has 2 N–H and O–H groups in total. The number of carbonyl (C=O) groups excluding carboxylic acids is 2. The maximum atomic E-state index is 12.8. The van der Waals surface area contributed by atoms with Gasteiger partial charge in [0.2, 0.25) is 6.79 Å². The molecule has 4 rings (SSSR count). The van der Waals surface area contributed by atoms with Crippen LogP contribution >= 0.6 is 0 Å². The second-order valence-corrected chi connectivity index (χ2v) is 5.88. The van der Waals surface area contributed by atoms with Crippen molar-refractivity contribution in [1.29, 1.82) is 0 Å². The molecule has 2 heterocycles. The fraction of sp³-hybridized carbons (Fsp3) is 0.211. The molecule has 2 aliphatic rings. The largest absolute Gasteiger partial charge is 0.454 e. The lowest BCUT2D eigenvalue weighted by atomic mass is 10.1. The van der Waals surface area contributed by atoms with Gasteiger partial charge in [0.25, 0.3) is 0 Å². The molecule has 27 heavy (non-hydrogen) atoms. The maximum absolute atomic E-state index is 12.8. The highest BCUT2D eigenvalue weighted by Crippen LogP contribution is 2.35. The van der Waals surface area contributed by atoms with E-state index in [0.29, 0.717) is 46.7 Å². The third-order valence-electron chi connectivity index (χ3n) is 3.93. The predicted molar refractivity (Wildman–Crippen MR) is 95.5 cm³/mol. The number of fused-ring (bicyclic) bond motifs is 1. The SMILES string of the molecule is CC(=O)c1cc2c(cc1N)OCO2.O=C[C@@H]1CC(c2cccc(F)c2)=NO1. The molecule has 0 amide bonds. The summed E-state index contributed by atoms with van der Waals surface area (Å²) in [6.45, 7) is 1.66. The minimum Gasteiger partial charge on any atom is -0.454 e. The van der Waals surface area contributed by atoms with Gasteiger partial charge < -0.3 is 20.0 Å². The summed E-state index contributed by atoms with van der Waals surface area (Å²) < 4.78 is 23.0. The summed E-state index contributed by atoms with van der Waals surface area (Å²) in [5.74, 6) is 0.789. The molecule has 2 aliphatic heterocycles. The normalized spacial score (nSPS) is 16.7. The van der Waals surface area contributed by atoms with Crippen LogP contribution in [0.25, 0.3) is 0 Å². The number of halogens is 1. The Morgan fingerprint density at radius 2 is 2.00 bits per heavy atom. The molecular weight excluding hydrogens is 355 g/mol. The zero-order valence-electron chi connectivity index (χ0n) is 14.5. The number of oxime groups is 1. The smallest absolute Gasteiger partial charge is 0.231 e. The predicted octanol–water partition coefficient (Wildman–Crippen LogP) is 2.72. The van der Waals surface area contributed by atoms with Crippen LogP contribution in [0, 0.1) is 5.82 Å². The zero-order valence-corrected chi connectivity index (χ0v) is 14.5. The van der Waals surface area contributed by atoms with Crippen molar-refractivity contribution in [3.63, 3.8) is 0 Å². The third kappa shape index (κ3) is 4.22. The second-order valence-electron chi connectivity index (χ2n) is 5.88. The van der Waals surface area contributed by atoms with Crippen LogP contribution in [0.3, 0.4) is 0 Å². The van der Waals surface area contributed by atoms with Gasteiger partial charge >= 0.3 is 0 Å². The lowest BCUT2D eigenvalue weighted by molar-refractivity contribution is -0.116. The molecule has 8 heteroatoms. The number of anilines is 1. The summed E-state index contributed by atoms with van der Waals surface area (Å²) in [6.07, 6.45) is 0.580. The average molecular weight is 372 g/mol.